The van der Waals surface area contributed by atoms with Crippen LogP contribution >= 0.6 is 0 Å². The van der Waals surface area contributed by atoms with Crippen LogP contribution in [0.4, 0.5) is 0 Å². The van der Waals surface area contributed by atoms with Crippen molar-refractivity contribution in [1.82, 2.24) is 5.32 Å². The van der Waals surface area contributed by atoms with Crippen LogP contribution in [-0.4, -0.2) is 12.5 Å². The molecule has 0 saturated heterocycles. The van der Waals surface area contributed by atoms with E-state index in [1.165, 1.54) is 32.1 Å². The van der Waals surface area contributed by atoms with E-state index < -0.39 is 0 Å². The zero-order valence-electron chi connectivity index (χ0n) is 10.9. The van der Waals surface area contributed by atoms with Crippen LogP contribution in [0.25, 0.3) is 0 Å². The molecule has 0 aliphatic heterocycles. The molecule has 0 aromatic heterocycles. The van der Waals surface area contributed by atoms with Gasteiger partial charge in [-0.1, -0.05) is 39.5 Å². The van der Waals surface area contributed by atoms with E-state index in [1.54, 1.807) is 0 Å². The average Bonchev–Trinajstić information content (AvgIpc) is 2.79. The first kappa shape index (κ1) is 13.5. The summed E-state index contributed by atoms with van der Waals surface area (Å²) in [7, 11) is 0. The van der Waals surface area contributed by atoms with Gasteiger partial charge >= 0.3 is 0 Å². The summed E-state index contributed by atoms with van der Waals surface area (Å²) in [6, 6.07) is 0. The summed E-state index contributed by atoms with van der Waals surface area (Å²) < 4.78 is 0. The quantitative estimate of drug-likeness (QED) is 0.660. The van der Waals surface area contributed by atoms with E-state index >= 15 is 0 Å². The molecule has 0 aromatic rings. The van der Waals surface area contributed by atoms with Crippen molar-refractivity contribution in [3.63, 3.8) is 0 Å². The van der Waals surface area contributed by atoms with Crippen LogP contribution in [0.2, 0.25) is 0 Å². The van der Waals surface area contributed by atoms with E-state index in [-0.39, 0.29) is 11.8 Å². The van der Waals surface area contributed by atoms with Crippen molar-refractivity contribution in [3.8, 4) is 0 Å². The summed E-state index contributed by atoms with van der Waals surface area (Å²) in [4.78, 5) is 11.7. The molecule has 1 rings (SSSR count). The molecule has 1 N–H and O–H groups in total. The minimum absolute atomic E-state index is 0.228. The Morgan fingerprint density at radius 1 is 1.25 bits per heavy atom. The first-order chi connectivity index (χ1) is 7.77. The lowest BCUT2D eigenvalue weighted by molar-refractivity contribution is -0.125. The van der Waals surface area contributed by atoms with Gasteiger partial charge in [0.2, 0.25) is 5.91 Å². The fourth-order valence-corrected chi connectivity index (χ4v) is 2.71. The minimum atomic E-state index is 0.228. The molecule has 1 amide bonds. The summed E-state index contributed by atoms with van der Waals surface area (Å²) >= 11 is 0. The van der Waals surface area contributed by atoms with Crippen molar-refractivity contribution < 1.29 is 4.79 Å². The molecule has 1 saturated carbocycles. The Morgan fingerprint density at radius 2 is 1.88 bits per heavy atom. The molecule has 2 nitrogen and oxygen atoms in total. The van der Waals surface area contributed by atoms with Gasteiger partial charge in [-0.25, -0.2) is 0 Å². The van der Waals surface area contributed by atoms with E-state index in [0.29, 0.717) is 0 Å². The van der Waals surface area contributed by atoms with Gasteiger partial charge in [-0.3, -0.25) is 4.79 Å². The molecule has 0 heterocycles. The van der Waals surface area contributed by atoms with Crippen LogP contribution in [0, 0.1) is 11.8 Å². The Kier molecular flexibility index (Phi) is 6.51. The minimum Gasteiger partial charge on any atom is -0.356 e. The lowest BCUT2D eigenvalue weighted by Crippen LogP contribution is -2.31. The number of carbonyl (C=O) groups is 1. The van der Waals surface area contributed by atoms with Gasteiger partial charge in [-0.15, -0.1) is 0 Å². The molecule has 2 heteroatoms. The highest BCUT2D eigenvalue weighted by molar-refractivity contribution is 5.78. The van der Waals surface area contributed by atoms with Gasteiger partial charge in [0.05, 0.1) is 0 Å². The first-order valence-corrected chi connectivity index (χ1v) is 7.05. The van der Waals surface area contributed by atoms with E-state index in [2.05, 4.69) is 19.2 Å². The highest BCUT2D eigenvalue weighted by Crippen LogP contribution is 2.28. The van der Waals surface area contributed by atoms with E-state index in [9.17, 15) is 4.79 Å². The predicted octanol–water partition coefficient (Wildman–Crippen LogP) is 3.51. The third-order valence-corrected chi connectivity index (χ3v) is 3.92. The smallest absolute Gasteiger partial charge is 0.223 e. The largest absolute Gasteiger partial charge is 0.356 e. The fraction of sp³-hybridized carbons (Fsp3) is 0.929. The molecule has 0 aromatic carbocycles. The van der Waals surface area contributed by atoms with Crippen molar-refractivity contribution in [2.75, 3.05) is 6.54 Å². The van der Waals surface area contributed by atoms with Crippen molar-refractivity contribution in [2.24, 2.45) is 11.8 Å². The second-order valence-electron chi connectivity index (χ2n) is 5.10. The summed E-state index contributed by atoms with van der Waals surface area (Å²) in [5, 5.41) is 3.07. The normalized spacial score (nSPS) is 16.9. The number of carbonyl (C=O) groups excluding carboxylic acids is 1. The second-order valence-corrected chi connectivity index (χ2v) is 5.10. The standard InChI is InChI=1S/C14H27NO/c1-3-13(4-2)14(16)15-11-7-10-12-8-5-6-9-12/h12-13H,3-11H2,1-2H3,(H,15,16). The Balaban J connectivity index is 2.03. The number of nitrogens with one attached hydrogen (secondary N) is 1. The molecule has 1 aliphatic rings. The maximum Gasteiger partial charge on any atom is 0.223 e. The summed E-state index contributed by atoms with van der Waals surface area (Å²) in [5.74, 6) is 1.44. The maximum atomic E-state index is 11.7. The number of amides is 1. The highest BCUT2D eigenvalue weighted by atomic mass is 16.1. The van der Waals surface area contributed by atoms with Crippen LogP contribution in [0.5, 0.6) is 0 Å². The van der Waals surface area contributed by atoms with Crippen molar-refractivity contribution in [2.45, 2.75) is 65.2 Å². The van der Waals surface area contributed by atoms with Crippen LogP contribution in [0.3, 0.4) is 0 Å². The molecular weight excluding hydrogens is 198 g/mol. The number of hydrogen-bond donors (Lipinski definition) is 1. The van der Waals surface area contributed by atoms with Crippen LogP contribution in [0.1, 0.15) is 65.2 Å². The SMILES string of the molecule is CCC(CC)C(=O)NCCCC1CCCC1. The van der Waals surface area contributed by atoms with E-state index in [0.717, 1.165) is 31.7 Å². The molecule has 0 unspecified atom stereocenters. The Labute approximate surface area is 100 Å². The molecule has 16 heavy (non-hydrogen) atoms. The van der Waals surface area contributed by atoms with Gasteiger partial charge in [0.25, 0.3) is 0 Å². The van der Waals surface area contributed by atoms with Gasteiger partial charge < -0.3 is 5.32 Å². The Morgan fingerprint density at radius 3 is 2.44 bits per heavy atom. The molecule has 0 spiro atoms. The van der Waals surface area contributed by atoms with Gasteiger partial charge in [-0.05, 0) is 31.6 Å². The molecular formula is C14H27NO. The summed E-state index contributed by atoms with van der Waals surface area (Å²) in [6.45, 7) is 5.06. The lowest BCUT2D eigenvalue weighted by atomic mass is 10.0. The third-order valence-electron chi connectivity index (χ3n) is 3.92. The van der Waals surface area contributed by atoms with Crippen molar-refractivity contribution >= 4 is 5.91 Å². The number of hydrogen-bond acceptors (Lipinski definition) is 1. The fourth-order valence-electron chi connectivity index (χ4n) is 2.71. The highest BCUT2D eigenvalue weighted by Gasteiger charge is 2.15. The molecule has 0 radical (unpaired) electrons. The topological polar surface area (TPSA) is 29.1 Å². The van der Waals surface area contributed by atoms with Gasteiger partial charge in [0.1, 0.15) is 0 Å². The van der Waals surface area contributed by atoms with Crippen molar-refractivity contribution in [1.29, 1.82) is 0 Å². The predicted molar refractivity (Wildman–Crippen MR) is 68.3 cm³/mol. The van der Waals surface area contributed by atoms with Crippen molar-refractivity contribution in [3.05, 3.63) is 0 Å². The van der Waals surface area contributed by atoms with Crippen LogP contribution in [0.15, 0.2) is 0 Å². The Hall–Kier alpha value is -0.530. The zero-order valence-corrected chi connectivity index (χ0v) is 10.9. The third kappa shape index (κ3) is 4.54. The van der Waals surface area contributed by atoms with Crippen LogP contribution < -0.4 is 5.32 Å². The van der Waals surface area contributed by atoms with Gasteiger partial charge in [0, 0.05) is 12.5 Å². The first-order valence-electron chi connectivity index (χ1n) is 7.05. The average molecular weight is 225 g/mol. The van der Waals surface area contributed by atoms with Gasteiger partial charge in [-0.2, -0.15) is 0 Å². The zero-order chi connectivity index (χ0) is 11.8. The molecule has 1 aliphatic carbocycles. The van der Waals surface area contributed by atoms with E-state index in [4.69, 9.17) is 0 Å². The molecule has 94 valence electrons. The second kappa shape index (κ2) is 7.70. The summed E-state index contributed by atoms with van der Waals surface area (Å²) in [6.07, 6.45) is 10.1. The number of rotatable bonds is 7. The monoisotopic (exact) mass is 225 g/mol. The lowest BCUT2D eigenvalue weighted by Gasteiger charge is -2.13. The molecule has 1 fully saturated rings. The molecule has 0 bridgehead atoms. The van der Waals surface area contributed by atoms with E-state index in [1.807, 2.05) is 0 Å². The Bertz CT molecular complexity index is 193. The van der Waals surface area contributed by atoms with Crippen LogP contribution in [-0.2, 0) is 4.79 Å². The van der Waals surface area contributed by atoms with Gasteiger partial charge in [0.15, 0.2) is 0 Å². The summed E-state index contributed by atoms with van der Waals surface area (Å²) in [5.41, 5.74) is 0. The maximum absolute atomic E-state index is 11.7. The molecule has 0 atom stereocenters.